The van der Waals surface area contributed by atoms with E-state index >= 15 is 0 Å². The first-order valence-corrected chi connectivity index (χ1v) is 5.57. The lowest BCUT2D eigenvalue weighted by Crippen LogP contribution is -2.26. The number of carbonyl (C=O) groups is 1. The Labute approximate surface area is 95.4 Å². The van der Waals surface area contributed by atoms with Gasteiger partial charge in [-0.3, -0.25) is 0 Å². The van der Waals surface area contributed by atoms with Gasteiger partial charge in [0.05, 0.1) is 13.2 Å². The Balaban J connectivity index is 2.28. The second-order valence-corrected chi connectivity index (χ2v) is 4.11. The molecule has 3 heteroatoms. The summed E-state index contributed by atoms with van der Waals surface area (Å²) in [6.45, 7) is 1.94. The molecule has 0 atom stereocenters. The average Bonchev–Trinajstić information content (AvgIpc) is 2.23. The van der Waals surface area contributed by atoms with Crippen LogP contribution in [0.4, 0.5) is 0 Å². The Bertz CT molecular complexity index is 394. The van der Waals surface area contributed by atoms with Crippen LogP contribution < -0.4 is 4.74 Å². The Hall–Kier alpha value is -1.51. The molecule has 2 rings (SSSR count). The van der Waals surface area contributed by atoms with Gasteiger partial charge in [0.2, 0.25) is 0 Å². The van der Waals surface area contributed by atoms with Crippen molar-refractivity contribution in [2.45, 2.75) is 32.3 Å². The van der Waals surface area contributed by atoms with Gasteiger partial charge in [0.15, 0.2) is 0 Å². The fourth-order valence-corrected chi connectivity index (χ4v) is 1.73. The summed E-state index contributed by atoms with van der Waals surface area (Å²) < 4.78 is 10.6. The molecule has 1 aromatic rings. The third-order valence-corrected chi connectivity index (χ3v) is 2.95. The highest BCUT2D eigenvalue weighted by molar-refractivity contribution is 5.92. The normalized spacial score (nSPS) is 15.4. The van der Waals surface area contributed by atoms with Crippen molar-refractivity contribution in [3.8, 4) is 5.75 Å². The fraction of sp³-hybridized carbons (Fsp3) is 0.462. The standard InChI is InChI=1S/C13H16O3/c1-9-5-3-8-11(13(14)15-2)12(9)16-10-6-4-7-10/h3,5,8,10H,4,6-7H2,1-2H3. The van der Waals surface area contributed by atoms with E-state index in [1.807, 2.05) is 19.1 Å². The number of methoxy groups -OCH3 is 1. The van der Waals surface area contributed by atoms with E-state index in [1.54, 1.807) is 6.07 Å². The summed E-state index contributed by atoms with van der Waals surface area (Å²) in [7, 11) is 1.39. The highest BCUT2D eigenvalue weighted by Crippen LogP contribution is 2.30. The molecular weight excluding hydrogens is 204 g/mol. The van der Waals surface area contributed by atoms with E-state index in [2.05, 4.69) is 0 Å². The van der Waals surface area contributed by atoms with Crippen LogP contribution in [0.25, 0.3) is 0 Å². The number of para-hydroxylation sites is 1. The molecule has 3 nitrogen and oxygen atoms in total. The van der Waals surface area contributed by atoms with Gasteiger partial charge in [-0.2, -0.15) is 0 Å². The van der Waals surface area contributed by atoms with Crippen molar-refractivity contribution < 1.29 is 14.3 Å². The van der Waals surface area contributed by atoms with Crippen molar-refractivity contribution in [1.82, 2.24) is 0 Å². The van der Waals surface area contributed by atoms with Gasteiger partial charge in [-0.15, -0.1) is 0 Å². The topological polar surface area (TPSA) is 35.5 Å². The summed E-state index contributed by atoms with van der Waals surface area (Å²) in [6, 6.07) is 5.53. The number of ether oxygens (including phenoxy) is 2. The van der Waals surface area contributed by atoms with Gasteiger partial charge in [0.1, 0.15) is 11.3 Å². The number of benzene rings is 1. The predicted octanol–water partition coefficient (Wildman–Crippen LogP) is 2.71. The number of hydrogen-bond donors (Lipinski definition) is 0. The number of hydrogen-bond acceptors (Lipinski definition) is 3. The maximum Gasteiger partial charge on any atom is 0.341 e. The van der Waals surface area contributed by atoms with Gasteiger partial charge in [0.25, 0.3) is 0 Å². The molecule has 1 aliphatic rings. The van der Waals surface area contributed by atoms with E-state index in [1.165, 1.54) is 13.5 Å². The second-order valence-electron chi connectivity index (χ2n) is 4.11. The highest BCUT2D eigenvalue weighted by Gasteiger charge is 2.23. The van der Waals surface area contributed by atoms with Crippen LogP contribution in [0.2, 0.25) is 0 Å². The molecule has 0 radical (unpaired) electrons. The molecule has 0 unspecified atom stereocenters. The van der Waals surface area contributed by atoms with Crippen molar-refractivity contribution in [3.63, 3.8) is 0 Å². The van der Waals surface area contributed by atoms with E-state index in [-0.39, 0.29) is 12.1 Å². The Morgan fingerprint density at radius 3 is 2.69 bits per heavy atom. The zero-order valence-corrected chi connectivity index (χ0v) is 9.66. The summed E-state index contributed by atoms with van der Waals surface area (Å²) in [4.78, 5) is 11.6. The monoisotopic (exact) mass is 220 g/mol. The molecule has 16 heavy (non-hydrogen) atoms. The van der Waals surface area contributed by atoms with Gasteiger partial charge in [0, 0.05) is 0 Å². The molecule has 1 fully saturated rings. The first-order chi connectivity index (χ1) is 7.72. The van der Waals surface area contributed by atoms with Gasteiger partial charge in [-0.25, -0.2) is 4.79 Å². The summed E-state index contributed by atoms with van der Waals surface area (Å²) >= 11 is 0. The minimum Gasteiger partial charge on any atom is -0.489 e. The van der Waals surface area contributed by atoms with Gasteiger partial charge < -0.3 is 9.47 Å². The van der Waals surface area contributed by atoms with Crippen molar-refractivity contribution in [3.05, 3.63) is 29.3 Å². The van der Waals surface area contributed by atoms with Crippen LogP contribution in [0.15, 0.2) is 18.2 Å². The fourth-order valence-electron chi connectivity index (χ4n) is 1.73. The molecule has 1 saturated carbocycles. The second kappa shape index (κ2) is 4.56. The molecule has 0 aromatic heterocycles. The minimum absolute atomic E-state index is 0.268. The van der Waals surface area contributed by atoms with Crippen LogP contribution in [-0.4, -0.2) is 19.2 Å². The number of esters is 1. The van der Waals surface area contributed by atoms with Crippen LogP contribution >= 0.6 is 0 Å². The van der Waals surface area contributed by atoms with E-state index in [4.69, 9.17) is 9.47 Å². The van der Waals surface area contributed by atoms with Gasteiger partial charge in [-0.1, -0.05) is 12.1 Å². The largest absolute Gasteiger partial charge is 0.489 e. The van der Waals surface area contributed by atoms with E-state index in [0.29, 0.717) is 11.3 Å². The van der Waals surface area contributed by atoms with Crippen LogP contribution in [0.5, 0.6) is 5.75 Å². The van der Waals surface area contributed by atoms with Crippen molar-refractivity contribution in [2.24, 2.45) is 0 Å². The summed E-state index contributed by atoms with van der Waals surface area (Å²) in [5, 5.41) is 0. The third kappa shape index (κ3) is 2.03. The highest BCUT2D eigenvalue weighted by atomic mass is 16.5. The lowest BCUT2D eigenvalue weighted by atomic mass is 9.96. The van der Waals surface area contributed by atoms with Crippen molar-refractivity contribution in [2.75, 3.05) is 7.11 Å². The summed E-state index contributed by atoms with van der Waals surface area (Å²) in [5.74, 6) is 0.345. The number of aryl methyl sites for hydroxylation is 1. The molecule has 0 spiro atoms. The molecular formula is C13H16O3. The van der Waals surface area contributed by atoms with E-state index in [0.717, 1.165) is 18.4 Å². The Kier molecular flexibility index (Phi) is 3.13. The summed E-state index contributed by atoms with van der Waals surface area (Å²) in [6.07, 6.45) is 3.64. The smallest absolute Gasteiger partial charge is 0.341 e. The molecule has 1 aliphatic carbocycles. The van der Waals surface area contributed by atoms with Crippen molar-refractivity contribution in [1.29, 1.82) is 0 Å². The molecule has 1 aromatic carbocycles. The first-order valence-electron chi connectivity index (χ1n) is 5.57. The molecule has 0 N–H and O–H groups in total. The minimum atomic E-state index is -0.335. The molecule has 0 amide bonds. The zero-order valence-electron chi connectivity index (χ0n) is 9.66. The lowest BCUT2D eigenvalue weighted by Gasteiger charge is -2.28. The van der Waals surface area contributed by atoms with E-state index < -0.39 is 0 Å². The van der Waals surface area contributed by atoms with Crippen LogP contribution in [-0.2, 0) is 4.74 Å². The average molecular weight is 220 g/mol. The van der Waals surface area contributed by atoms with Gasteiger partial charge >= 0.3 is 5.97 Å². The number of rotatable bonds is 3. The van der Waals surface area contributed by atoms with Crippen LogP contribution in [0, 0.1) is 6.92 Å². The molecule has 0 aliphatic heterocycles. The maximum absolute atomic E-state index is 11.6. The molecule has 0 heterocycles. The molecule has 0 saturated heterocycles. The molecule has 0 bridgehead atoms. The maximum atomic E-state index is 11.6. The van der Waals surface area contributed by atoms with E-state index in [9.17, 15) is 4.79 Å². The summed E-state index contributed by atoms with van der Waals surface area (Å²) in [5.41, 5.74) is 1.50. The van der Waals surface area contributed by atoms with Crippen molar-refractivity contribution >= 4 is 5.97 Å². The quantitative estimate of drug-likeness (QED) is 0.735. The molecule has 86 valence electrons. The Morgan fingerprint density at radius 1 is 1.38 bits per heavy atom. The van der Waals surface area contributed by atoms with Crippen LogP contribution in [0.1, 0.15) is 35.2 Å². The van der Waals surface area contributed by atoms with Gasteiger partial charge in [-0.05, 0) is 37.8 Å². The predicted molar refractivity (Wildman–Crippen MR) is 60.8 cm³/mol. The number of carbonyl (C=O) groups excluding carboxylic acids is 1. The Morgan fingerprint density at radius 2 is 2.12 bits per heavy atom. The third-order valence-electron chi connectivity index (χ3n) is 2.95. The zero-order chi connectivity index (χ0) is 11.5. The lowest BCUT2D eigenvalue weighted by molar-refractivity contribution is 0.0584. The SMILES string of the molecule is COC(=O)c1cccc(C)c1OC1CCC1. The van der Waals surface area contributed by atoms with Crippen LogP contribution in [0.3, 0.4) is 0 Å². The first kappa shape index (κ1) is 11.0.